The molecule has 104 valence electrons. The van der Waals surface area contributed by atoms with Crippen LogP contribution in [0.15, 0.2) is 17.5 Å². The average Bonchev–Trinajstić information content (AvgIpc) is 3.04. The van der Waals surface area contributed by atoms with E-state index in [2.05, 4.69) is 0 Å². The number of hydrogen-bond donors (Lipinski definition) is 1. The Bertz CT molecular complexity index is 446. The van der Waals surface area contributed by atoms with Crippen LogP contribution in [0.2, 0.25) is 0 Å². The fourth-order valence-corrected chi connectivity index (χ4v) is 3.07. The number of carbonyl (C=O) groups is 2. The van der Waals surface area contributed by atoms with Crippen LogP contribution in [0.25, 0.3) is 0 Å². The molecule has 0 aromatic carbocycles. The fraction of sp³-hybridized carbons (Fsp3) is 0.538. The standard InChI is InChI=1S/C13H17NO4S/c1-9(13(16)17)18-8-12(15)14-6-2-4-10(14)11-5-3-7-19-11/h3,5,7,9-10H,2,4,6,8H2,1H3,(H,16,17). The monoisotopic (exact) mass is 283 g/mol. The third kappa shape index (κ3) is 3.33. The Morgan fingerprint density at radius 1 is 1.63 bits per heavy atom. The van der Waals surface area contributed by atoms with Crippen LogP contribution in [0.3, 0.4) is 0 Å². The van der Waals surface area contributed by atoms with Gasteiger partial charge in [-0.1, -0.05) is 6.07 Å². The van der Waals surface area contributed by atoms with Gasteiger partial charge in [-0.15, -0.1) is 11.3 Å². The highest BCUT2D eigenvalue weighted by molar-refractivity contribution is 7.10. The van der Waals surface area contributed by atoms with Gasteiger partial charge in [0.15, 0.2) is 6.10 Å². The Kier molecular flexibility index (Phi) is 4.55. The molecule has 1 aromatic heterocycles. The average molecular weight is 283 g/mol. The van der Waals surface area contributed by atoms with E-state index in [4.69, 9.17) is 9.84 Å². The van der Waals surface area contributed by atoms with Crippen molar-refractivity contribution in [3.63, 3.8) is 0 Å². The number of amides is 1. The van der Waals surface area contributed by atoms with Gasteiger partial charge in [-0.2, -0.15) is 0 Å². The highest BCUT2D eigenvalue weighted by Crippen LogP contribution is 2.34. The minimum absolute atomic E-state index is 0.122. The molecule has 1 N–H and O–H groups in total. The molecular formula is C13H17NO4S. The predicted octanol–water partition coefficient (Wildman–Crippen LogP) is 1.90. The highest BCUT2D eigenvalue weighted by Gasteiger charge is 2.30. The largest absolute Gasteiger partial charge is 0.479 e. The molecule has 0 radical (unpaired) electrons. The molecular weight excluding hydrogens is 266 g/mol. The quantitative estimate of drug-likeness (QED) is 0.896. The van der Waals surface area contributed by atoms with E-state index >= 15 is 0 Å². The van der Waals surface area contributed by atoms with E-state index in [1.807, 2.05) is 17.5 Å². The summed E-state index contributed by atoms with van der Waals surface area (Å²) in [5.74, 6) is -1.19. The van der Waals surface area contributed by atoms with E-state index in [1.54, 1.807) is 16.2 Å². The molecule has 0 bridgehead atoms. The van der Waals surface area contributed by atoms with Crippen LogP contribution < -0.4 is 0 Å². The summed E-state index contributed by atoms with van der Waals surface area (Å²) < 4.78 is 5.06. The summed E-state index contributed by atoms with van der Waals surface area (Å²) in [5, 5.41) is 10.7. The summed E-state index contributed by atoms with van der Waals surface area (Å²) in [7, 11) is 0. The first-order valence-corrected chi connectivity index (χ1v) is 7.15. The first kappa shape index (κ1) is 14.0. The van der Waals surface area contributed by atoms with Gasteiger partial charge in [0.25, 0.3) is 0 Å². The SMILES string of the molecule is CC(OCC(=O)N1CCCC1c1cccs1)C(=O)O. The first-order valence-electron chi connectivity index (χ1n) is 6.27. The van der Waals surface area contributed by atoms with E-state index in [0.717, 1.165) is 12.8 Å². The zero-order chi connectivity index (χ0) is 13.8. The van der Waals surface area contributed by atoms with Crippen LogP contribution >= 0.6 is 11.3 Å². The molecule has 2 heterocycles. The molecule has 1 aromatic rings. The Labute approximate surface area is 115 Å². The predicted molar refractivity (Wildman–Crippen MR) is 71.1 cm³/mol. The highest BCUT2D eigenvalue weighted by atomic mass is 32.1. The van der Waals surface area contributed by atoms with Crippen molar-refractivity contribution in [3.8, 4) is 0 Å². The number of thiophene rings is 1. The van der Waals surface area contributed by atoms with Gasteiger partial charge in [-0.05, 0) is 31.2 Å². The van der Waals surface area contributed by atoms with Gasteiger partial charge in [-0.25, -0.2) is 4.79 Å². The summed E-state index contributed by atoms with van der Waals surface area (Å²) in [6, 6.07) is 4.13. The Balaban J connectivity index is 1.93. The topological polar surface area (TPSA) is 66.8 Å². The van der Waals surface area contributed by atoms with E-state index in [0.29, 0.717) is 6.54 Å². The van der Waals surface area contributed by atoms with Crippen molar-refractivity contribution < 1.29 is 19.4 Å². The summed E-state index contributed by atoms with van der Waals surface area (Å²) >= 11 is 1.64. The normalized spacial score (nSPS) is 20.5. The number of nitrogens with zero attached hydrogens (tertiary/aromatic N) is 1. The molecule has 0 saturated carbocycles. The van der Waals surface area contributed by atoms with Gasteiger partial charge in [0, 0.05) is 11.4 Å². The number of aliphatic carboxylic acids is 1. The molecule has 1 amide bonds. The maximum atomic E-state index is 12.1. The zero-order valence-corrected chi connectivity index (χ0v) is 11.6. The number of rotatable bonds is 5. The van der Waals surface area contributed by atoms with Crippen LogP contribution in [0.1, 0.15) is 30.7 Å². The number of ether oxygens (including phenoxy) is 1. The van der Waals surface area contributed by atoms with Crippen LogP contribution in [0.5, 0.6) is 0 Å². The lowest BCUT2D eigenvalue weighted by molar-refractivity contribution is -0.153. The maximum absolute atomic E-state index is 12.1. The second kappa shape index (κ2) is 6.16. The van der Waals surface area contributed by atoms with Gasteiger partial charge >= 0.3 is 5.97 Å². The van der Waals surface area contributed by atoms with E-state index in [1.165, 1.54) is 11.8 Å². The molecule has 0 aliphatic carbocycles. The number of carboxylic acid groups (broad SMARTS) is 1. The molecule has 1 saturated heterocycles. The zero-order valence-electron chi connectivity index (χ0n) is 10.7. The van der Waals surface area contributed by atoms with Gasteiger partial charge in [0.1, 0.15) is 6.61 Å². The lowest BCUT2D eigenvalue weighted by atomic mass is 10.2. The number of carbonyl (C=O) groups excluding carboxylic acids is 1. The number of hydrogen-bond acceptors (Lipinski definition) is 4. The molecule has 6 heteroatoms. The van der Waals surface area contributed by atoms with Crippen LogP contribution in [-0.2, 0) is 14.3 Å². The van der Waals surface area contributed by atoms with Crippen molar-refractivity contribution in [3.05, 3.63) is 22.4 Å². The minimum Gasteiger partial charge on any atom is -0.479 e. The smallest absolute Gasteiger partial charge is 0.332 e. The fourth-order valence-electron chi connectivity index (χ4n) is 2.19. The van der Waals surface area contributed by atoms with Gasteiger partial charge in [-0.3, -0.25) is 4.79 Å². The molecule has 1 aliphatic heterocycles. The molecule has 2 rings (SSSR count). The van der Waals surface area contributed by atoms with Crippen molar-refractivity contribution in [2.45, 2.75) is 31.9 Å². The second-order valence-corrected chi connectivity index (χ2v) is 5.53. The van der Waals surface area contributed by atoms with E-state index in [9.17, 15) is 9.59 Å². The molecule has 0 spiro atoms. The summed E-state index contributed by atoms with van der Waals surface area (Å²) in [6.07, 6.45) is 0.982. The van der Waals surface area contributed by atoms with Crippen molar-refractivity contribution in [1.82, 2.24) is 4.90 Å². The molecule has 2 atom stereocenters. The second-order valence-electron chi connectivity index (χ2n) is 4.55. The van der Waals surface area contributed by atoms with Crippen molar-refractivity contribution in [2.24, 2.45) is 0 Å². The third-order valence-corrected chi connectivity index (χ3v) is 4.22. The Morgan fingerprint density at radius 2 is 2.42 bits per heavy atom. The van der Waals surface area contributed by atoms with Crippen LogP contribution in [0.4, 0.5) is 0 Å². The molecule has 5 nitrogen and oxygen atoms in total. The Hall–Kier alpha value is -1.40. The summed E-state index contributed by atoms with van der Waals surface area (Å²) in [6.45, 7) is 1.97. The van der Waals surface area contributed by atoms with Gasteiger partial charge < -0.3 is 14.7 Å². The maximum Gasteiger partial charge on any atom is 0.332 e. The minimum atomic E-state index is -1.05. The number of carboxylic acids is 1. The van der Waals surface area contributed by atoms with Crippen molar-refractivity contribution in [1.29, 1.82) is 0 Å². The van der Waals surface area contributed by atoms with Crippen molar-refractivity contribution >= 4 is 23.2 Å². The molecule has 19 heavy (non-hydrogen) atoms. The lowest BCUT2D eigenvalue weighted by Gasteiger charge is -2.24. The van der Waals surface area contributed by atoms with E-state index in [-0.39, 0.29) is 18.6 Å². The third-order valence-electron chi connectivity index (χ3n) is 3.25. The van der Waals surface area contributed by atoms with Gasteiger partial charge in [0.2, 0.25) is 5.91 Å². The molecule has 2 unspecified atom stereocenters. The summed E-state index contributed by atoms with van der Waals surface area (Å²) in [4.78, 5) is 25.7. The lowest BCUT2D eigenvalue weighted by Crippen LogP contribution is -2.35. The molecule has 1 aliphatic rings. The summed E-state index contributed by atoms with van der Waals surface area (Å²) in [5.41, 5.74) is 0. The van der Waals surface area contributed by atoms with E-state index < -0.39 is 12.1 Å². The van der Waals surface area contributed by atoms with Crippen LogP contribution in [0, 0.1) is 0 Å². The Morgan fingerprint density at radius 3 is 3.05 bits per heavy atom. The van der Waals surface area contributed by atoms with Gasteiger partial charge in [0.05, 0.1) is 6.04 Å². The first-order chi connectivity index (χ1) is 9.09. The number of likely N-dealkylation sites (tertiary alicyclic amines) is 1. The molecule has 1 fully saturated rings. The van der Waals surface area contributed by atoms with Crippen molar-refractivity contribution in [2.75, 3.05) is 13.2 Å². The van der Waals surface area contributed by atoms with Crippen LogP contribution in [-0.4, -0.2) is 41.1 Å².